The molecule has 0 saturated carbocycles. The summed E-state index contributed by atoms with van der Waals surface area (Å²) in [4.78, 5) is 0. The van der Waals surface area contributed by atoms with Gasteiger partial charge in [-0.3, -0.25) is 0 Å². The lowest BCUT2D eigenvalue weighted by atomic mass is 9.97. The first kappa shape index (κ1) is 10.3. The second-order valence-corrected chi connectivity index (χ2v) is 5.13. The van der Waals surface area contributed by atoms with E-state index in [9.17, 15) is 0 Å². The third kappa shape index (κ3) is 2.08. The summed E-state index contributed by atoms with van der Waals surface area (Å²) < 4.78 is 0. The molecule has 0 amide bonds. The van der Waals surface area contributed by atoms with E-state index in [-0.39, 0.29) is 6.61 Å². The molecular formula is C11H13ClOS. The number of aliphatic hydroxyl groups is 1. The van der Waals surface area contributed by atoms with Crippen LogP contribution in [0.2, 0.25) is 5.02 Å². The zero-order chi connectivity index (χ0) is 9.97. The Morgan fingerprint density at radius 1 is 1.50 bits per heavy atom. The van der Waals surface area contributed by atoms with Crippen molar-refractivity contribution in [2.24, 2.45) is 0 Å². The maximum absolute atomic E-state index is 8.96. The Morgan fingerprint density at radius 2 is 2.36 bits per heavy atom. The van der Waals surface area contributed by atoms with Gasteiger partial charge in [0.25, 0.3) is 0 Å². The van der Waals surface area contributed by atoms with E-state index in [0.29, 0.717) is 5.92 Å². The maximum atomic E-state index is 8.96. The van der Waals surface area contributed by atoms with Gasteiger partial charge in [0, 0.05) is 10.8 Å². The number of rotatable bonds is 2. The van der Waals surface area contributed by atoms with Crippen molar-refractivity contribution in [2.45, 2.75) is 18.9 Å². The number of hydrogen-bond donors (Lipinski definition) is 1. The van der Waals surface area contributed by atoms with E-state index in [4.69, 9.17) is 16.7 Å². The molecule has 2 rings (SSSR count). The van der Waals surface area contributed by atoms with E-state index in [1.807, 2.05) is 23.9 Å². The largest absolute Gasteiger partial charge is 0.392 e. The first-order valence-electron chi connectivity index (χ1n) is 4.78. The fraction of sp³-hybridized carbons (Fsp3) is 0.455. The number of hydrogen-bond acceptors (Lipinski definition) is 2. The van der Waals surface area contributed by atoms with E-state index in [1.54, 1.807) is 0 Å². The molecule has 0 aliphatic carbocycles. The molecule has 1 atom stereocenters. The van der Waals surface area contributed by atoms with Crippen molar-refractivity contribution in [3.8, 4) is 0 Å². The van der Waals surface area contributed by atoms with Crippen molar-refractivity contribution >= 4 is 23.4 Å². The molecule has 1 heterocycles. The van der Waals surface area contributed by atoms with Gasteiger partial charge in [-0.25, -0.2) is 0 Å². The summed E-state index contributed by atoms with van der Waals surface area (Å²) in [6, 6.07) is 5.90. The van der Waals surface area contributed by atoms with Gasteiger partial charge < -0.3 is 5.11 Å². The van der Waals surface area contributed by atoms with Gasteiger partial charge in [-0.1, -0.05) is 23.7 Å². The maximum Gasteiger partial charge on any atom is 0.0682 e. The predicted octanol–water partition coefficient (Wildman–Crippen LogP) is 3.05. The molecule has 1 unspecified atom stereocenters. The molecule has 14 heavy (non-hydrogen) atoms. The molecule has 1 aromatic rings. The topological polar surface area (TPSA) is 20.2 Å². The fourth-order valence-corrected chi connectivity index (χ4v) is 3.39. The third-order valence-corrected chi connectivity index (χ3v) is 4.11. The standard InChI is InChI=1S/C11H13ClOS/c12-11-5-8(6-13)1-2-10(11)9-3-4-14-7-9/h1-2,5,9,13H,3-4,6-7H2. The smallest absolute Gasteiger partial charge is 0.0682 e. The summed E-state index contributed by atoms with van der Waals surface area (Å²) in [5, 5.41) is 9.76. The molecule has 1 aliphatic rings. The van der Waals surface area contributed by atoms with Gasteiger partial charge in [-0.05, 0) is 35.3 Å². The number of thioether (sulfide) groups is 1. The molecule has 0 aromatic heterocycles. The summed E-state index contributed by atoms with van der Waals surface area (Å²) in [5.41, 5.74) is 2.14. The summed E-state index contributed by atoms with van der Waals surface area (Å²) >= 11 is 8.16. The highest BCUT2D eigenvalue weighted by molar-refractivity contribution is 7.99. The van der Waals surface area contributed by atoms with E-state index < -0.39 is 0 Å². The predicted molar refractivity (Wildman–Crippen MR) is 62.1 cm³/mol. The van der Waals surface area contributed by atoms with Crippen LogP contribution in [0.3, 0.4) is 0 Å². The highest BCUT2D eigenvalue weighted by Crippen LogP contribution is 2.36. The molecule has 1 aliphatic heterocycles. The van der Waals surface area contributed by atoms with Gasteiger partial charge >= 0.3 is 0 Å². The summed E-state index contributed by atoms with van der Waals surface area (Å²) in [5.74, 6) is 3.03. The SMILES string of the molecule is OCc1ccc(C2CCSC2)c(Cl)c1. The number of benzene rings is 1. The lowest BCUT2D eigenvalue weighted by Gasteiger charge is -2.11. The van der Waals surface area contributed by atoms with Crippen molar-refractivity contribution in [3.63, 3.8) is 0 Å². The summed E-state index contributed by atoms with van der Waals surface area (Å²) in [6.07, 6.45) is 1.23. The fourth-order valence-electron chi connectivity index (χ4n) is 1.78. The molecule has 0 spiro atoms. The van der Waals surface area contributed by atoms with Gasteiger partial charge in [-0.15, -0.1) is 0 Å². The summed E-state index contributed by atoms with van der Waals surface area (Å²) in [6.45, 7) is 0.0689. The second-order valence-electron chi connectivity index (χ2n) is 3.57. The van der Waals surface area contributed by atoms with Crippen LogP contribution < -0.4 is 0 Å². The van der Waals surface area contributed by atoms with Gasteiger partial charge in [0.2, 0.25) is 0 Å². The van der Waals surface area contributed by atoms with Crippen molar-refractivity contribution in [3.05, 3.63) is 34.3 Å². The van der Waals surface area contributed by atoms with Crippen molar-refractivity contribution in [1.29, 1.82) is 0 Å². The average molecular weight is 229 g/mol. The average Bonchev–Trinajstić information content (AvgIpc) is 2.70. The van der Waals surface area contributed by atoms with Crippen LogP contribution in [-0.2, 0) is 6.61 Å². The van der Waals surface area contributed by atoms with Gasteiger partial charge in [0.05, 0.1) is 6.61 Å². The Morgan fingerprint density at radius 3 is 2.93 bits per heavy atom. The van der Waals surface area contributed by atoms with Crippen LogP contribution in [0, 0.1) is 0 Å². The quantitative estimate of drug-likeness (QED) is 0.840. The van der Waals surface area contributed by atoms with Crippen LogP contribution in [0.15, 0.2) is 18.2 Å². The molecular weight excluding hydrogens is 216 g/mol. The zero-order valence-electron chi connectivity index (χ0n) is 7.87. The molecule has 1 N–H and O–H groups in total. The molecule has 1 saturated heterocycles. The van der Waals surface area contributed by atoms with Crippen LogP contribution >= 0.6 is 23.4 Å². The van der Waals surface area contributed by atoms with Gasteiger partial charge in [-0.2, -0.15) is 11.8 Å². The van der Waals surface area contributed by atoms with Crippen LogP contribution in [-0.4, -0.2) is 16.6 Å². The Hall–Kier alpha value is -0.180. The first-order chi connectivity index (χ1) is 6.81. The Labute approximate surface area is 93.5 Å². The Kier molecular flexibility index (Phi) is 3.37. The van der Waals surface area contributed by atoms with E-state index >= 15 is 0 Å². The molecule has 0 bridgehead atoms. The minimum atomic E-state index is 0.0689. The molecule has 76 valence electrons. The van der Waals surface area contributed by atoms with E-state index in [1.165, 1.54) is 23.5 Å². The van der Waals surface area contributed by atoms with Crippen molar-refractivity contribution in [2.75, 3.05) is 11.5 Å². The van der Waals surface area contributed by atoms with Crippen LogP contribution in [0.25, 0.3) is 0 Å². The van der Waals surface area contributed by atoms with Crippen molar-refractivity contribution in [1.82, 2.24) is 0 Å². The van der Waals surface area contributed by atoms with Crippen LogP contribution in [0.5, 0.6) is 0 Å². The highest BCUT2D eigenvalue weighted by atomic mass is 35.5. The normalized spacial score (nSPS) is 21.4. The van der Waals surface area contributed by atoms with Gasteiger partial charge in [0.15, 0.2) is 0 Å². The Bertz CT molecular complexity index is 321. The van der Waals surface area contributed by atoms with Crippen LogP contribution in [0.4, 0.5) is 0 Å². The van der Waals surface area contributed by atoms with E-state index in [0.717, 1.165) is 10.6 Å². The lowest BCUT2D eigenvalue weighted by Crippen LogP contribution is -1.98. The Balaban J connectivity index is 2.25. The molecule has 3 heteroatoms. The second kappa shape index (κ2) is 4.56. The van der Waals surface area contributed by atoms with E-state index in [2.05, 4.69) is 6.07 Å². The minimum Gasteiger partial charge on any atom is -0.392 e. The van der Waals surface area contributed by atoms with Crippen LogP contribution in [0.1, 0.15) is 23.5 Å². The molecule has 1 fully saturated rings. The lowest BCUT2D eigenvalue weighted by molar-refractivity contribution is 0.282. The first-order valence-corrected chi connectivity index (χ1v) is 6.31. The third-order valence-electron chi connectivity index (χ3n) is 2.62. The number of aliphatic hydroxyl groups excluding tert-OH is 1. The molecule has 1 aromatic carbocycles. The minimum absolute atomic E-state index is 0.0689. The van der Waals surface area contributed by atoms with Gasteiger partial charge in [0.1, 0.15) is 0 Å². The highest BCUT2D eigenvalue weighted by Gasteiger charge is 2.19. The number of halogens is 1. The molecule has 1 nitrogen and oxygen atoms in total. The molecule has 0 radical (unpaired) electrons. The van der Waals surface area contributed by atoms with Crippen molar-refractivity contribution < 1.29 is 5.11 Å². The zero-order valence-corrected chi connectivity index (χ0v) is 9.44. The monoisotopic (exact) mass is 228 g/mol. The summed E-state index contributed by atoms with van der Waals surface area (Å²) in [7, 11) is 0.